The van der Waals surface area contributed by atoms with Crippen LogP contribution in [0.1, 0.15) is 53.3 Å². The fourth-order valence-electron chi connectivity index (χ4n) is 6.55. The van der Waals surface area contributed by atoms with Gasteiger partial charge in [0.05, 0.1) is 34.2 Å². The third-order valence-electron chi connectivity index (χ3n) is 9.18. The summed E-state index contributed by atoms with van der Waals surface area (Å²) in [4.78, 5) is 47.3. The molecule has 2 aromatic heterocycles. The molecule has 262 valence electrons. The minimum Gasteiger partial charge on any atom is -0.496 e. The van der Waals surface area contributed by atoms with Crippen molar-refractivity contribution in [2.24, 2.45) is 7.05 Å². The Kier molecular flexibility index (Phi) is 11.0. The predicted molar refractivity (Wildman–Crippen MR) is 192 cm³/mol. The lowest BCUT2D eigenvalue weighted by Gasteiger charge is -2.26. The highest BCUT2D eigenvalue weighted by Crippen LogP contribution is 2.41. The second-order valence-corrected chi connectivity index (χ2v) is 13.3. The molecule has 2 aliphatic rings. The molecule has 6 rings (SSSR count). The van der Waals surface area contributed by atoms with Gasteiger partial charge in [0, 0.05) is 92.7 Å². The summed E-state index contributed by atoms with van der Waals surface area (Å²) in [5.41, 5.74) is 5.77. The highest BCUT2D eigenvalue weighted by molar-refractivity contribution is 6.39. The second kappa shape index (κ2) is 15.6. The van der Waals surface area contributed by atoms with Crippen LogP contribution in [-0.2, 0) is 36.1 Å². The molecule has 2 aliphatic heterocycles. The lowest BCUT2D eigenvalue weighted by Crippen LogP contribution is -2.35. The molecule has 1 saturated heterocycles. The van der Waals surface area contributed by atoms with Crippen molar-refractivity contribution in [1.29, 1.82) is 0 Å². The quantitative estimate of drug-likeness (QED) is 0.144. The predicted octanol–water partition coefficient (Wildman–Crippen LogP) is 5.31. The zero-order valence-electron chi connectivity index (χ0n) is 27.9. The molecule has 1 fully saturated rings. The van der Waals surface area contributed by atoms with E-state index in [1.807, 2.05) is 35.9 Å². The fourth-order valence-corrected chi connectivity index (χ4v) is 7.14. The van der Waals surface area contributed by atoms with Crippen molar-refractivity contribution in [3.63, 3.8) is 0 Å². The van der Waals surface area contributed by atoms with Crippen molar-refractivity contribution >= 4 is 46.7 Å². The fraction of sp³-hybridized carbons (Fsp3) is 0.361. The summed E-state index contributed by atoms with van der Waals surface area (Å²) in [7, 11) is 3.44. The van der Waals surface area contributed by atoms with Crippen LogP contribution in [-0.4, -0.2) is 75.1 Å². The van der Waals surface area contributed by atoms with E-state index < -0.39 is 11.9 Å². The van der Waals surface area contributed by atoms with E-state index >= 15 is 0 Å². The number of hydrogen-bond donors (Lipinski definition) is 4. The van der Waals surface area contributed by atoms with E-state index in [0.717, 1.165) is 35.5 Å². The average molecular weight is 721 g/mol. The number of nitrogens with zero attached hydrogens (tertiary/aromatic N) is 4. The molecule has 1 atom stereocenters. The van der Waals surface area contributed by atoms with Crippen molar-refractivity contribution < 1.29 is 24.2 Å². The molecule has 0 radical (unpaired) electrons. The van der Waals surface area contributed by atoms with Gasteiger partial charge in [-0.15, -0.1) is 0 Å². The number of hydrogen-bond acceptors (Lipinski definition) is 8. The molecule has 14 heteroatoms. The summed E-state index contributed by atoms with van der Waals surface area (Å²) in [6, 6.07) is 13.1. The van der Waals surface area contributed by atoms with E-state index in [2.05, 4.69) is 30.8 Å². The van der Waals surface area contributed by atoms with Gasteiger partial charge in [-0.1, -0.05) is 47.5 Å². The number of anilines is 1. The third-order valence-corrected chi connectivity index (χ3v) is 9.97. The van der Waals surface area contributed by atoms with Crippen LogP contribution >= 0.6 is 23.2 Å². The van der Waals surface area contributed by atoms with E-state index in [1.54, 1.807) is 31.5 Å². The number of methoxy groups -OCH3 is 1. The number of carboxylic acid groups (broad SMARTS) is 1. The number of benzene rings is 2. The van der Waals surface area contributed by atoms with Crippen molar-refractivity contribution in [3.8, 4) is 28.1 Å². The average Bonchev–Trinajstić information content (AvgIpc) is 3.67. The smallest absolute Gasteiger partial charge is 0.303 e. The van der Waals surface area contributed by atoms with Gasteiger partial charge in [0.2, 0.25) is 5.91 Å². The number of imidazole rings is 1. The lowest BCUT2D eigenvalue weighted by molar-refractivity contribution is -0.137. The Morgan fingerprint density at radius 3 is 2.70 bits per heavy atom. The highest BCUT2D eigenvalue weighted by Gasteiger charge is 2.26. The van der Waals surface area contributed by atoms with E-state index in [4.69, 9.17) is 33.0 Å². The Bertz CT molecular complexity index is 1930. The molecule has 50 heavy (non-hydrogen) atoms. The van der Waals surface area contributed by atoms with Gasteiger partial charge in [0.15, 0.2) is 5.82 Å². The Balaban J connectivity index is 1.17. The number of carboxylic acids is 1. The maximum absolute atomic E-state index is 13.5. The number of carbonyl (C=O) groups excluding carboxylic acids is 2. The SMILES string of the molecule is COc1cc(-c2nccc(-c3cccc(NC(=O)c4nc5c(n4C)CCN(CCCC(=O)O)C5)c3Cl)c2Cl)ccc1CNC[C@H]1CCC(=O)N1. The molecular weight excluding hydrogens is 681 g/mol. The van der Waals surface area contributed by atoms with Gasteiger partial charge in [-0.2, -0.15) is 0 Å². The van der Waals surface area contributed by atoms with E-state index in [1.165, 1.54) is 0 Å². The lowest BCUT2D eigenvalue weighted by atomic mass is 10.0. The zero-order valence-corrected chi connectivity index (χ0v) is 29.4. The van der Waals surface area contributed by atoms with Gasteiger partial charge in [-0.25, -0.2) is 4.98 Å². The number of rotatable bonds is 13. The van der Waals surface area contributed by atoms with Gasteiger partial charge >= 0.3 is 5.97 Å². The van der Waals surface area contributed by atoms with Crippen molar-refractivity contribution in [1.82, 2.24) is 30.1 Å². The summed E-state index contributed by atoms with van der Waals surface area (Å²) in [5, 5.41) is 19.0. The standard InChI is InChI=1S/C36H39Cl2N7O5/c1-44-28-13-16-45(15-4-7-31(47)48)20-27(28)42-35(44)36(49)43-26-6-3-5-24(32(26)37)25-12-14-40-34(33(25)38)21-8-9-22(29(17-21)50-2)18-39-19-23-10-11-30(46)41-23/h3,5-6,8-9,12,14,17,23,39H,4,7,10-11,13,15-16,18-20H2,1-2H3,(H,41,46)(H,43,49)(H,47,48)/t23-/m1/s1. The normalized spacial score (nSPS) is 15.8. The van der Waals surface area contributed by atoms with Crippen LogP contribution < -0.4 is 20.7 Å². The van der Waals surface area contributed by atoms with Gasteiger partial charge in [0.25, 0.3) is 5.91 Å². The summed E-state index contributed by atoms with van der Waals surface area (Å²) in [6.07, 6.45) is 4.45. The second-order valence-electron chi connectivity index (χ2n) is 12.5. The first-order valence-corrected chi connectivity index (χ1v) is 17.3. The van der Waals surface area contributed by atoms with Crippen molar-refractivity contribution in [2.45, 2.75) is 51.2 Å². The van der Waals surface area contributed by atoms with Gasteiger partial charge in [0.1, 0.15) is 5.75 Å². The number of pyridine rings is 1. The molecule has 0 spiro atoms. The molecule has 4 N–H and O–H groups in total. The van der Waals surface area contributed by atoms with E-state index in [9.17, 15) is 14.4 Å². The molecule has 0 unspecified atom stereocenters. The Hall–Kier alpha value is -4.49. The van der Waals surface area contributed by atoms with Crippen LogP contribution in [0.15, 0.2) is 48.7 Å². The molecule has 2 aromatic carbocycles. The largest absolute Gasteiger partial charge is 0.496 e. The Morgan fingerprint density at radius 1 is 1.12 bits per heavy atom. The summed E-state index contributed by atoms with van der Waals surface area (Å²) in [6.45, 7) is 3.23. The number of aliphatic carboxylic acids is 1. The molecule has 0 bridgehead atoms. The minimum atomic E-state index is -0.807. The molecule has 4 aromatic rings. The first kappa shape index (κ1) is 35.3. The van der Waals surface area contributed by atoms with E-state index in [0.29, 0.717) is 83.7 Å². The molecular formula is C36H39Cl2N7O5. The van der Waals surface area contributed by atoms with Crippen LogP contribution in [0.5, 0.6) is 5.75 Å². The maximum Gasteiger partial charge on any atom is 0.303 e. The number of carbonyl (C=O) groups is 3. The first-order chi connectivity index (χ1) is 24.1. The molecule has 12 nitrogen and oxygen atoms in total. The molecule has 4 heterocycles. The highest BCUT2D eigenvalue weighted by atomic mass is 35.5. The summed E-state index contributed by atoms with van der Waals surface area (Å²) < 4.78 is 7.52. The van der Waals surface area contributed by atoms with Crippen LogP contribution in [0.3, 0.4) is 0 Å². The van der Waals surface area contributed by atoms with Crippen LogP contribution in [0.2, 0.25) is 10.0 Å². The van der Waals surface area contributed by atoms with Crippen LogP contribution in [0.4, 0.5) is 5.69 Å². The van der Waals surface area contributed by atoms with Gasteiger partial charge < -0.3 is 30.4 Å². The molecule has 0 saturated carbocycles. The number of halogens is 2. The zero-order chi connectivity index (χ0) is 35.4. The van der Waals surface area contributed by atoms with Crippen molar-refractivity contribution in [2.75, 3.05) is 32.1 Å². The van der Waals surface area contributed by atoms with Crippen LogP contribution in [0.25, 0.3) is 22.4 Å². The number of aromatic nitrogens is 3. The van der Waals surface area contributed by atoms with Gasteiger partial charge in [-0.05, 0) is 37.6 Å². The minimum absolute atomic E-state index is 0.0899. The Labute approximate surface area is 300 Å². The van der Waals surface area contributed by atoms with E-state index in [-0.39, 0.29) is 24.2 Å². The third kappa shape index (κ3) is 7.78. The number of nitrogens with one attached hydrogen (secondary N) is 3. The Morgan fingerprint density at radius 2 is 1.94 bits per heavy atom. The van der Waals surface area contributed by atoms with Crippen LogP contribution in [0, 0.1) is 0 Å². The first-order valence-electron chi connectivity index (χ1n) is 16.5. The molecule has 0 aliphatic carbocycles. The summed E-state index contributed by atoms with van der Waals surface area (Å²) >= 11 is 13.9. The number of fused-ring (bicyclic) bond motifs is 1. The van der Waals surface area contributed by atoms with Crippen molar-refractivity contribution in [3.05, 3.63) is 81.5 Å². The molecule has 2 amide bonds. The topological polar surface area (TPSA) is 151 Å². The number of ether oxygens (including phenoxy) is 1. The monoisotopic (exact) mass is 719 g/mol. The summed E-state index contributed by atoms with van der Waals surface area (Å²) in [5.74, 6) is -0.163. The van der Waals surface area contributed by atoms with Gasteiger partial charge in [-0.3, -0.25) is 24.3 Å². The number of amides is 2. The maximum atomic E-state index is 13.5.